The van der Waals surface area contributed by atoms with Crippen LogP contribution in [0.1, 0.15) is 124 Å². The van der Waals surface area contributed by atoms with Crippen molar-refractivity contribution in [2.75, 3.05) is 26.9 Å². The van der Waals surface area contributed by atoms with Crippen molar-refractivity contribution in [2.24, 2.45) is 0 Å². The monoisotopic (exact) mass is 1530 g/mol. The Kier molecular flexibility index (Phi) is 21.9. The maximum Gasteiger partial charge on any atom is 0.338 e. The Bertz CT molecular complexity index is 5030. The Morgan fingerprint density at radius 3 is 0.796 bits per heavy atom. The fourth-order valence-electron chi connectivity index (χ4n) is 14.5. The number of hydrogen-bond donors (Lipinski definition) is 1. The molecule has 3 saturated heterocycles. The molecule has 15 rings (SSSR count). The van der Waals surface area contributed by atoms with Crippen LogP contribution in [0.25, 0.3) is 0 Å². The first-order chi connectivity index (χ1) is 55.0. The number of methoxy groups -OCH3 is 1. The van der Waals surface area contributed by atoms with Gasteiger partial charge in [0.05, 0.1) is 66.8 Å². The molecule has 6 aliphatic heterocycles. The molecule has 0 aromatic heterocycles. The van der Waals surface area contributed by atoms with Crippen molar-refractivity contribution in [3.05, 3.63) is 322 Å². The molecule has 0 bridgehead atoms. The Morgan fingerprint density at radius 2 is 0.513 bits per heavy atom. The van der Waals surface area contributed by atoms with Gasteiger partial charge in [-0.3, -0.25) is 43.5 Å². The zero-order valence-corrected chi connectivity index (χ0v) is 59.6. The van der Waals surface area contributed by atoms with Crippen LogP contribution in [-0.4, -0.2) is 210 Å². The number of amides is 6. The lowest BCUT2D eigenvalue weighted by Gasteiger charge is -2.53. The summed E-state index contributed by atoms with van der Waals surface area (Å²) in [6, 6.07) is 55.3. The topological polar surface area (TPSA) is 346 Å². The number of carbonyl (C=O) groups excluding carboxylic acids is 12. The van der Waals surface area contributed by atoms with E-state index in [1.165, 1.54) is 194 Å². The summed E-state index contributed by atoms with van der Waals surface area (Å²) in [5, 5.41) is 12.9. The number of imide groups is 3. The number of aliphatic hydroxyl groups is 1. The number of nitrogens with zero attached hydrogens (tertiary/aromatic N) is 3. The maximum absolute atomic E-state index is 15.9. The first-order valence-corrected chi connectivity index (χ1v) is 35.8. The fourth-order valence-corrected chi connectivity index (χ4v) is 14.5. The Labute approximate surface area is 643 Å². The molecule has 6 heterocycles. The average Bonchev–Trinajstić information content (AvgIpc) is 1.68. The molecule has 0 radical (unpaired) electrons. The van der Waals surface area contributed by atoms with E-state index in [1.807, 2.05) is 0 Å². The summed E-state index contributed by atoms with van der Waals surface area (Å²) < 4.78 is 78.9. The van der Waals surface area contributed by atoms with E-state index in [9.17, 15) is 24.3 Å². The molecule has 28 nitrogen and oxygen atoms in total. The highest BCUT2D eigenvalue weighted by molar-refractivity contribution is 6.23. The molecular weight excluding hydrogens is 1460 g/mol. The van der Waals surface area contributed by atoms with Crippen LogP contribution < -0.4 is 0 Å². The van der Waals surface area contributed by atoms with E-state index >= 15 is 38.4 Å². The van der Waals surface area contributed by atoms with Gasteiger partial charge in [-0.15, -0.1) is 0 Å². The van der Waals surface area contributed by atoms with Crippen LogP contribution in [0.5, 0.6) is 0 Å². The summed E-state index contributed by atoms with van der Waals surface area (Å²) >= 11 is 0. The van der Waals surface area contributed by atoms with E-state index in [-0.39, 0.29) is 66.8 Å². The van der Waals surface area contributed by atoms with Crippen molar-refractivity contribution in [3.63, 3.8) is 0 Å². The van der Waals surface area contributed by atoms with E-state index in [2.05, 4.69) is 0 Å². The largest absolute Gasteiger partial charge is 0.459 e. The summed E-state index contributed by atoms with van der Waals surface area (Å²) in [6.07, 6.45) is -25.7. The van der Waals surface area contributed by atoms with Crippen molar-refractivity contribution < 1.29 is 119 Å². The maximum atomic E-state index is 15.9. The summed E-state index contributed by atoms with van der Waals surface area (Å²) in [5.41, 5.74) is -1.40. The molecule has 572 valence electrons. The first kappa shape index (κ1) is 75.4. The zero-order valence-electron chi connectivity index (χ0n) is 59.6. The lowest BCUT2D eigenvalue weighted by molar-refractivity contribution is -0.359. The average molecular weight is 1530 g/mol. The number of hydrogen-bond acceptors (Lipinski definition) is 25. The number of aliphatic hydroxyl groups excluding tert-OH is 1. The van der Waals surface area contributed by atoms with E-state index in [4.69, 9.17) is 56.8 Å². The third kappa shape index (κ3) is 15.0. The van der Waals surface area contributed by atoms with Crippen LogP contribution in [0.15, 0.2) is 255 Å². The molecule has 113 heavy (non-hydrogen) atoms. The third-order valence-corrected chi connectivity index (χ3v) is 20.0. The van der Waals surface area contributed by atoms with Crippen LogP contribution in [0.2, 0.25) is 0 Å². The lowest BCUT2D eigenvalue weighted by Crippen LogP contribution is -2.72. The van der Waals surface area contributed by atoms with Gasteiger partial charge in [-0.25, -0.2) is 28.8 Å². The quantitative estimate of drug-likeness (QED) is 0.0358. The Morgan fingerprint density at radius 1 is 0.292 bits per heavy atom. The van der Waals surface area contributed by atoms with Gasteiger partial charge in [0.15, 0.2) is 37.2 Å². The van der Waals surface area contributed by atoms with Crippen LogP contribution in [-0.2, 0) is 56.8 Å². The summed E-state index contributed by atoms with van der Waals surface area (Å²) in [5.74, 6) is -12.6. The minimum atomic E-state index is -2.43. The van der Waals surface area contributed by atoms with E-state index < -0.39 is 183 Å². The highest BCUT2D eigenvalue weighted by Gasteiger charge is 2.64. The van der Waals surface area contributed by atoms with Crippen molar-refractivity contribution in [1.82, 2.24) is 14.7 Å². The minimum Gasteiger partial charge on any atom is -0.459 e. The molecule has 9 aromatic carbocycles. The van der Waals surface area contributed by atoms with Crippen LogP contribution >= 0.6 is 0 Å². The summed E-state index contributed by atoms with van der Waals surface area (Å²) in [6.45, 7) is -2.84. The van der Waals surface area contributed by atoms with Gasteiger partial charge in [-0.1, -0.05) is 146 Å². The molecule has 1 N–H and O–H groups in total. The molecule has 28 heteroatoms. The highest BCUT2D eigenvalue weighted by Crippen LogP contribution is 2.44. The van der Waals surface area contributed by atoms with Gasteiger partial charge in [0.25, 0.3) is 35.4 Å². The molecule has 15 atom stereocenters. The highest BCUT2D eigenvalue weighted by atomic mass is 16.8. The van der Waals surface area contributed by atoms with Gasteiger partial charge in [-0.05, 0) is 109 Å². The van der Waals surface area contributed by atoms with Gasteiger partial charge in [0.1, 0.15) is 74.6 Å². The molecule has 6 amide bonds. The van der Waals surface area contributed by atoms with Crippen LogP contribution in [0, 0.1) is 0 Å². The molecule has 0 spiro atoms. The summed E-state index contributed by atoms with van der Waals surface area (Å²) in [7, 11) is 1.15. The van der Waals surface area contributed by atoms with Crippen molar-refractivity contribution in [3.8, 4) is 0 Å². The number of carbonyl (C=O) groups is 12. The second kappa shape index (κ2) is 32.9. The first-order valence-electron chi connectivity index (χ1n) is 35.8. The van der Waals surface area contributed by atoms with Crippen molar-refractivity contribution in [2.45, 2.75) is 91.9 Å². The van der Waals surface area contributed by atoms with E-state index in [1.54, 1.807) is 60.7 Å². The lowest BCUT2D eigenvalue weighted by atomic mass is 9.91. The third-order valence-electron chi connectivity index (χ3n) is 20.0. The van der Waals surface area contributed by atoms with Crippen molar-refractivity contribution >= 4 is 71.3 Å². The number of benzene rings is 9. The molecular formula is C85H67N3O25. The SMILES string of the molecule is CO[C@H]1OC(COC(=O)c2ccccc2)[C@H](OC2OC(COC(=O)c3ccccc3)C(O[C@H]3OC(COC(=O)c4ccccc4)[C@H](O)C(OC(=O)c4ccccc4)[C@H]3N3C(=O)c4ccccc4C3=O)[C@@H](OC(=O)c3ccccc3)[C@@H]2N2C(=O)c3ccccc3C2=O)C(OC(=O)c2ccccc2)[C@H]1N1C(=O)c2ccccc2C1=O. The van der Waals surface area contributed by atoms with Gasteiger partial charge >= 0.3 is 35.8 Å². The predicted octanol–water partition coefficient (Wildman–Crippen LogP) is 8.18. The van der Waals surface area contributed by atoms with E-state index in [0.717, 1.165) is 12.0 Å². The normalized spacial score (nSPS) is 25.0. The smallest absolute Gasteiger partial charge is 0.338 e. The Hall–Kier alpha value is -13.1. The second-order valence-corrected chi connectivity index (χ2v) is 26.7. The molecule has 0 aliphatic carbocycles. The minimum absolute atomic E-state index is 0.0326. The number of esters is 6. The second-order valence-electron chi connectivity index (χ2n) is 26.7. The number of fused-ring (bicyclic) bond motifs is 3. The predicted molar refractivity (Wildman–Crippen MR) is 388 cm³/mol. The van der Waals surface area contributed by atoms with Crippen LogP contribution in [0.4, 0.5) is 0 Å². The zero-order chi connectivity index (χ0) is 78.6. The van der Waals surface area contributed by atoms with Gasteiger partial charge in [-0.2, -0.15) is 0 Å². The van der Waals surface area contributed by atoms with Gasteiger partial charge in [0, 0.05) is 7.11 Å². The molecule has 9 aromatic rings. The van der Waals surface area contributed by atoms with Crippen molar-refractivity contribution in [1.29, 1.82) is 0 Å². The number of ether oxygens (including phenoxy) is 12. The number of rotatable bonds is 23. The molecule has 6 aliphatic rings. The molecule has 7 unspecified atom stereocenters. The molecule has 3 fully saturated rings. The standard InChI is InChI=1S/C85H67N3O25/c1-102-83-63(87-73(92)55-40-22-23-41-56(55)74(87)93)69(110-81(100)51-34-16-6-17-35-51)66(60(107-83)45-104-78(97)48-28-10-3-11-29-48)113-85-64(88-75(94)57-42-24-25-43-58(57)76(88)95)70(111-82(101)52-36-18-7-19-37-52)67(61(108-85)46-105-79(98)49-30-12-4-13-31-49)112-84-62(86-71(90)53-38-20-21-39-54(53)72(86)91)68(109-80(99)50-32-14-5-15-33-50)65(89)59(106-84)44-103-77(96)47-26-8-2-9-27-47/h2-43,59-70,83-85,89H,44-46H2,1H3/t59?,60?,61?,62-,63-,64+,65+,66+,67?,68?,69?,70+,83+,84-,85?/m1/s1. The molecule has 0 saturated carbocycles. The Balaban J connectivity index is 0.935. The van der Waals surface area contributed by atoms with Gasteiger partial charge < -0.3 is 61.9 Å². The van der Waals surface area contributed by atoms with Gasteiger partial charge in [0.2, 0.25) is 0 Å². The fraction of sp³-hybridized carbons (Fsp3) is 0.224. The van der Waals surface area contributed by atoms with Crippen LogP contribution in [0.3, 0.4) is 0 Å². The van der Waals surface area contributed by atoms with E-state index in [0.29, 0.717) is 9.80 Å². The summed E-state index contributed by atoms with van der Waals surface area (Å²) in [4.78, 5) is 183.